The highest BCUT2D eigenvalue weighted by Gasteiger charge is 2.05. The largest absolute Gasteiger partial charge is 0.489 e. The van der Waals surface area contributed by atoms with Crippen LogP contribution in [0.1, 0.15) is 11.1 Å². The smallest absolute Gasteiger partial charge is 0.124 e. The first-order valence-corrected chi connectivity index (χ1v) is 8.93. The Labute approximate surface area is 159 Å². The fourth-order valence-electron chi connectivity index (χ4n) is 2.38. The lowest BCUT2D eigenvalue weighted by Crippen LogP contribution is -2.03. The van der Waals surface area contributed by atoms with Gasteiger partial charge in [0.25, 0.3) is 0 Å². The molecule has 0 aliphatic carbocycles. The van der Waals surface area contributed by atoms with Gasteiger partial charge in [-0.25, -0.2) is 4.39 Å². The van der Waals surface area contributed by atoms with E-state index in [4.69, 9.17) is 16.3 Å². The highest BCUT2D eigenvalue weighted by molar-refractivity contribution is 9.10. The molecule has 0 unspecified atom stereocenters. The molecule has 0 heterocycles. The summed E-state index contributed by atoms with van der Waals surface area (Å²) < 4.78 is 20.0. The third-order valence-electron chi connectivity index (χ3n) is 3.66. The zero-order valence-electron chi connectivity index (χ0n) is 13.3. The first-order valence-electron chi connectivity index (χ1n) is 7.76. The van der Waals surface area contributed by atoms with Crippen molar-refractivity contribution in [1.29, 1.82) is 0 Å². The first kappa shape index (κ1) is 17.8. The Morgan fingerprint density at radius 1 is 1.00 bits per heavy atom. The highest BCUT2D eigenvalue weighted by Crippen LogP contribution is 2.27. The third-order valence-corrected chi connectivity index (χ3v) is 4.89. The van der Waals surface area contributed by atoms with Crippen molar-refractivity contribution in [2.45, 2.75) is 13.2 Å². The number of anilines is 1. The van der Waals surface area contributed by atoms with E-state index in [1.165, 1.54) is 12.1 Å². The number of hydrogen-bond donors (Lipinski definition) is 1. The van der Waals surface area contributed by atoms with Crippen LogP contribution in [0.4, 0.5) is 10.1 Å². The maximum Gasteiger partial charge on any atom is 0.124 e. The van der Waals surface area contributed by atoms with Crippen LogP contribution in [-0.2, 0) is 13.2 Å². The van der Waals surface area contributed by atoms with Gasteiger partial charge in [-0.05, 0) is 57.9 Å². The Morgan fingerprint density at radius 3 is 2.64 bits per heavy atom. The summed E-state index contributed by atoms with van der Waals surface area (Å²) in [7, 11) is 0. The predicted octanol–water partition coefficient (Wildman–Crippen LogP) is 6.43. The van der Waals surface area contributed by atoms with Crippen LogP contribution < -0.4 is 10.1 Å². The number of para-hydroxylation sites is 1. The second-order valence-electron chi connectivity index (χ2n) is 5.51. The summed E-state index contributed by atoms with van der Waals surface area (Å²) in [6.07, 6.45) is 0. The van der Waals surface area contributed by atoms with Crippen LogP contribution in [0, 0.1) is 5.82 Å². The van der Waals surface area contributed by atoms with Crippen LogP contribution in [-0.4, -0.2) is 0 Å². The minimum absolute atomic E-state index is 0.261. The minimum Gasteiger partial charge on any atom is -0.489 e. The monoisotopic (exact) mass is 419 g/mol. The van der Waals surface area contributed by atoms with Gasteiger partial charge in [0.2, 0.25) is 0 Å². The van der Waals surface area contributed by atoms with E-state index in [1.807, 2.05) is 48.5 Å². The summed E-state index contributed by atoms with van der Waals surface area (Å²) in [4.78, 5) is 0. The van der Waals surface area contributed by atoms with Gasteiger partial charge in [-0.3, -0.25) is 0 Å². The van der Waals surface area contributed by atoms with Gasteiger partial charge in [-0.1, -0.05) is 41.9 Å². The van der Waals surface area contributed by atoms with Gasteiger partial charge in [-0.2, -0.15) is 0 Å². The SMILES string of the molecule is Fc1cccc(COc2ccccc2CNc2ccc(Br)c(Cl)c2)c1. The van der Waals surface area contributed by atoms with Crippen molar-refractivity contribution in [2.75, 3.05) is 5.32 Å². The van der Waals surface area contributed by atoms with Crippen LogP contribution in [0.25, 0.3) is 0 Å². The van der Waals surface area contributed by atoms with Crippen molar-refractivity contribution in [3.8, 4) is 5.75 Å². The molecule has 0 spiro atoms. The van der Waals surface area contributed by atoms with Gasteiger partial charge in [0.1, 0.15) is 18.2 Å². The summed E-state index contributed by atoms with van der Waals surface area (Å²) >= 11 is 9.49. The summed E-state index contributed by atoms with van der Waals surface area (Å²) in [5, 5.41) is 3.98. The van der Waals surface area contributed by atoms with Gasteiger partial charge in [0.05, 0.1) is 5.02 Å². The van der Waals surface area contributed by atoms with E-state index in [-0.39, 0.29) is 5.82 Å². The van der Waals surface area contributed by atoms with Crippen molar-refractivity contribution < 1.29 is 9.13 Å². The van der Waals surface area contributed by atoms with Crippen molar-refractivity contribution >= 4 is 33.2 Å². The van der Waals surface area contributed by atoms with Crippen LogP contribution in [0.3, 0.4) is 0 Å². The summed E-state index contributed by atoms with van der Waals surface area (Å²) in [6.45, 7) is 0.913. The Morgan fingerprint density at radius 2 is 1.84 bits per heavy atom. The zero-order valence-corrected chi connectivity index (χ0v) is 15.6. The van der Waals surface area contributed by atoms with E-state index in [0.29, 0.717) is 18.2 Å². The normalized spacial score (nSPS) is 10.5. The maximum atomic E-state index is 13.3. The lowest BCUT2D eigenvalue weighted by molar-refractivity contribution is 0.302. The van der Waals surface area contributed by atoms with Crippen LogP contribution in [0.5, 0.6) is 5.75 Å². The zero-order chi connectivity index (χ0) is 17.6. The molecule has 0 bridgehead atoms. The van der Waals surface area contributed by atoms with Crippen LogP contribution in [0.2, 0.25) is 5.02 Å². The van der Waals surface area contributed by atoms with Crippen molar-refractivity contribution in [1.82, 2.24) is 0 Å². The molecule has 0 aliphatic heterocycles. The molecule has 1 N–H and O–H groups in total. The molecule has 3 aromatic carbocycles. The predicted molar refractivity (Wildman–Crippen MR) is 104 cm³/mol. The molecule has 0 saturated carbocycles. The third kappa shape index (κ3) is 4.97. The van der Waals surface area contributed by atoms with Gasteiger partial charge in [0.15, 0.2) is 0 Å². The highest BCUT2D eigenvalue weighted by atomic mass is 79.9. The summed E-state index contributed by atoms with van der Waals surface area (Å²) in [5.74, 6) is 0.505. The molecule has 25 heavy (non-hydrogen) atoms. The van der Waals surface area contributed by atoms with Crippen molar-refractivity contribution in [3.05, 3.63) is 93.2 Å². The van der Waals surface area contributed by atoms with Gasteiger partial charge < -0.3 is 10.1 Å². The average molecular weight is 421 g/mol. The second kappa shape index (κ2) is 8.37. The Balaban J connectivity index is 1.67. The molecule has 128 valence electrons. The Bertz CT molecular complexity index is 872. The fourth-order valence-corrected chi connectivity index (χ4v) is 2.81. The van der Waals surface area contributed by atoms with Crippen LogP contribution >= 0.6 is 27.5 Å². The molecule has 0 radical (unpaired) electrons. The van der Waals surface area contributed by atoms with E-state index >= 15 is 0 Å². The van der Waals surface area contributed by atoms with E-state index < -0.39 is 0 Å². The molecule has 0 atom stereocenters. The van der Waals surface area contributed by atoms with E-state index in [9.17, 15) is 4.39 Å². The molecular formula is C20H16BrClFNO. The molecule has 0 amide bonds. The Kier molecular flexibility index (Phi) is 5.95. The lowest BCUT2D eigenvalue weighted by Gasteiger charge is -2.13. The summed E-state index contributed by atoms with van der Waals surface area (Å²) in [5.41, 5.74) is 2.73. The molecule has 2 nitrogen and oxygen atoms in total. The summed E-state index contributed by atoms with van der Waals surface area (Å²) in [6, 6.07) is 19.9. The number of benzene rings is 3. The number of halogens is 3. The number of ether oxygens (including phenoxy) is 1. The average Bonchev–Trinajstić information content (AvgIpc) is 2.62. The molecule has 0 fully saturated rings. The van der Waals surface area contributed by atoms with E-state index in [1.54, 1.807) is 6.07 Å². The molecule has 3 rings (SSSR count). The number of rotatable bonds is 6. The molecule has 3 aromatic rings. The molecular weight excluding hydrogens is 405 g/mol. The van der Waals surface area contributed by atoms with Gasteiger partial charge in [-0.15, -0.1) is 0 Å². The Hall–Kier alpha value is -2.04. The second-order valence-corrected chi connectivity index (χ2v) is 6.77. The quantitative estimate of drug-likeness (QED) is 0.496. The topological polar surface area (TPSA) is 21.3 Å². The standard InChI is InChI=1S/C20H16BrClFNO/c21-18-9-8-17(11-19(18)22)24-12-15-5-1-2-7-20(15)25-13-14-4-3-6-16(23)10-14/h1-11,24H,12-13H2. The number of nitrogens with one attached hydrogen (secondary N) is 1. The maximum absolute atomic E-state index is 13.3. The van der Waals surface area contributed by atoms with E-state index in [2.05, 4.69) is 21.2 Å². The van der Waals surface area contributed by atoms with Crippen LogP contribution in [0.15, 0.2) is 71.2 Å². The molecule has 0 saturated heterocycles. The number of hydrogen-bond acceptors (Lipinski definition) is 2. The molecule has 5 heteroatoms. The fraction of sp³-hybridized carbons (Fsp3) is 0.100. The molecule has 0 aromatic heterocycles. The first-order chi connectivity index (χ1) is 12.1. The van der Waals surface area contributed by atoms with Gasteiger partial charge >= 0.3 is 0 Å². The van der Waals surface area contributed by atoms with Gasteiger partial charge in [0, 0.05) is 22.3 Å². The van der Waals surface area contributed by atoms with E-state index in [0.717, 1.165) is 27.0 Å². The van der Waals surface area contributed by atoms with Crippen molar-refractivity contribution in [3.63, 3.8) is 0 Å². The minimum atomic E-state index is -0.261. The van der Waals surface area contributed by atoms with Crippen molar-refractivity contribution in [2.24, 2.45) is 0 Å². The lowest BCUT2D eigenvalue weighted by atomic mass is 10.2. The molecule has 0 aliphatic rings.